The van der Waals surface area contributed by atoms with Crippen LogP contribution in [0.15, 0.2) is 0 Å². The molecule has 0 radical (unpaired) electrons. The van der Waals surface area contributed by atoms with Crippen LogP contribution in [0.1, 0.15) is 0 Å². The van der Waals surface area contributed by atoms with E-state index >= 15 is 0 Å². The van der Waals surface area contributed by atoms with Crippen LogP contribution in [0.25, 0.3) is 0 Å². The minimum Gasteiger partial charge on any atom is -0.181 e. The summed E-state index contributed by atoms with van der Waals surface area (Å²) in [5, 5.41) is 0. The van der Waals surface area contributed by atoms with Crippen LogP contribution in [0.4, 0.5) is 0 Å². The van der Waals surface area contributed by atoms with E-state index in [1.54, 1.807) is 0 Å². The molecule has 0 saturated carbocycles. The van der Waals surface area contributed by atoms with Gasteiger partial charge in [0.2, 0.25) is 0 Å². The third-order valence-electron chi connectivity index (χ3n) is 0. The van der Waals surface area contributed by atoms with Crippen molar-refractivity contribution in [2.24, 2.45) is 0 Å². The second-order valence-corrected chi connectivity index (χ2v) is 7.22. The quantitative estimate of drug-likeness (QED) is 0.452. The third-order valence-corrected chi connectivity index (χ3v) is 0. The maximum atomic E-state index is 5.20. The second kappa shape index (κ2) is 60.8. The molecule has 0 aromatic carbocycles. The molecule has 0 atom stereocenters. The molecule has 0 fully saturated rings. The van der Waals surface area contributed by atoms with Gasteiger partial charge in [0.1, 0.15) is 8.35 Å². The van der Waals surface area contributed by atoms with Gasteiger partial charge in [0.05, 0.1) is 0 Å². The highest BCUT2D eigenvalue weighted by atomic mass is 35.6. The average molecular weight is 279 g/mol. The minimum absolute atomic E-state index is 0. The first-order valence-electron chi connectivity index (χ1n) is 0.974. The van der Waals surface area contributed by atoms with Gasteiger partial charge in [-0.05, 0) is 0 Å². The van der Waals surface area contributed by atoms with E-state index < -0.39 is 0 Å². The molecule has 0 unspecified atom stereocenters. The van der Waals surface area contributed by atoms with Gasteiger partial charge >= 0.3 is 0 Å². The van der Waals surface area contributed by atoms with E-state index in [9.17, 15) is 0 Å². The van der Waals surface area contributed by atoms with Crippen molar-refractivity contribution in [2.45, 2.75) is 0 Å². The molecule has 0 spiro atoms. The van der Waals surface area contributed by atoms with Gasteiger partial charge in [-0.1, -0.05) is 0 Å². The predicted octanol–water partition coefficient (Wildman–Crippen LogP) is 0.698. The summed E-state index contributed by atoms with van der Waals surface area (Å²) in [5.41, 5.74) is 0. The summed E-state index contributed by atoms with van der Waals surface area (Å²) < 4.78 is 0. The van der Waals surface area contributed by atoms with Crippen LogP contribution in [0.3, 0.4) is 0 Å². The van der Waals surface area contributed by atoms with Gasteiger partial charge in [-0.2, -0.15) is 11.1 Å². The van der Waals surface area contributed by atoms with Gasteiger partial charge in [0.25, 0.3) is 0 Å². The van der Waals surface area contributed by atoms with Crippen molar-refractivity contribution in [2.75, 3.05) is 0 Å². The van der Waals surface area contributed by atoms with E-state index in [1.165, 1.54) is 9.76 Å². The summed E-state index contributed by atoms with van der Waals surface area (Å²) in [4.78, 5) is 0. The molecule has 0 amide bonds. The lowest BCUT2D eigenvalue weighted by Crippen LogP contribution is -1.62. The molecule has 8 heteroatoms. The summed E-state index contributed by atoms with van der Waals surface area (Å²) in [6.07, 6.45) is 0. The van der Waals surface area contributed by atoms with Crippen LogP contribution >= 0.6 is 73.1 Å². The second-order valence-electron chi connectivity index (χ2n) is 0.267. The Balaban J connectivity index is -0.00000000200. The molecule has 0 heterocycles. The van der Waals surface area contributed by atoms with Crippen molar-refractivity contribution in [1.82, 2.24) is 0 Å². The Hall–Kier alpha value is 2.17. The molecule has 8 heavy (non-hydrogen) atoms. The summed E-state index contributed by atoms with van der Waals surface area (Å²) in [6, 6.07) is 0. The lowest BCUT2D eigenvalue weighted by atomic mass is 27.0. The van der Waals surface area contributed by atoms with Crippen molar-refractivity contribution < 1.29 is 0 Å². The molecule has 0 aliphatic rings. The van der Waals surface area contributed by atoms with Crippen molar-refractivity contribution in [3.8, 4) is 0 Å². The number of halogens is 6. The molecular weight excluding hydrogens is 269 g/mol. The monoisotopic (exact) mass is 276 g/mol. The van der Waals surface area contributed by atoms with Crippen molar-refractivity contribution in [3.05, 3.63) is 0 Å². The number of hydrogen-bond acceptors (Lipinski definition) is 0. The lowest BCUT2D eigenvalue weighted by molar-refractivity contribution is 4.36. The molecule has 0 aliphatic carbocycles. The molecule has 0 nitrogen and oxygen atoms in total. The minimum atomic E-state index is 0. The van der Waals surface area contributed by atoms with Gasteiger partial charge < -0.3 is 0 Å². The van der Waals surface area contributed by atoms with Crippen LogP contribution in [0.5, 0.6) is 0 Å². The summed E-state index contributed by atoms with van der Waals surface area (Å²) in [5.74, 6) is 0. The van der Waals surface area contributed by atoms with Crippen LogP contribution in [-0.4, -0.2) is 18.1 Å². The molecule has 0 aromatic rings. The van der Waals surface area contributed by atoms with Crippen molar-refractivity contribution in [3.63, 3.8) is 0 Å². The number of rotatable bonds is 0. The molecule has 60 valence electrons. The van der Waals surface area contributed by atoms with E-state index in [0.29, 0.717) is 0 Å². The third kappa shape index (κ3) is 89.0. The van der Waals surface area contributed by atoms with Gasteiger partial charge in [-0.15, -0.1) is 62.0 Å². The Morgan fingerprint density at radius 2 is 0.875 bits per heavy atom. The fourth-order valence-corrected chi connectivity index (χ4v) is 0. The molecule has 0 saturated heterocycles. The van der Waals surface area contributed by atoms with E-state index in [0.717, 1.165) is 0 Å². The molecule has 0 bridgehead atoms. The standard InChI is InChI=1S/ClH5Si2.5ClH/c1-3-2;;;;;/h3H2,2H3;5*1H. The summed E-state index contributed by atoms with van der Waals surface area (Å²) in [7, 11) is 1.30. The van der Waals surface area contributed by atoms with E-state index in [2.05, 4.69) is 0 Å². The smallest absolute Gasteiger partial charge is 0.106 e. The maximum Gasteiger partial charge on any atom is 0.106 e. The van der Waals surface area contributed by atoms with Gasteiger partial charge in [-0.3, -0.25) is 0 Å². The molecule has 0 aromatic heterocycles. The Kier molecular flexibility index (Phi) is 374. The lowest BCUT2D eigenvalue weighted by Gasteiger charge is -1.41. The zero-order valence-electron chi connectivity index (χ0n) is 4.13. The Labute approximate surface area is 90.7 Å². The molecule has 0 aliphatic heterocycles. The van der Waals surface area contributed by atoms with Gasteiger partial charge in [-0.25, -0.2) is 0 Å². The van der Waals surface area contributed by atoms with Crippen LogP contribution in [0.2, 0.25) is 0 Å². The average Bonchev–Trinajstić information content (AvgIpc) is 0.918. The van der Waals surface area contributed by atoms with E-state index in [-0.39, 0.29) is 70.4 Å². The van der Waals surface area contributed by atoms with Crippen molar-refractivity contribution in [1.29, 1.82) is 0 Å². The van der Waals surface area contributed by atoms with Crippen molar-refractivity contribution >= 4 is 91.2 Å². The van der Waals surface area contributed by atoms with Gasteiger partial charge in [0, 0.05) is 9.76 Å². The topological polar surface area (TPSA) is 0 Å². The Morgan fingerprint density at radius 3 is 0.875 bits per heavy atom. The predicted molar refractivity (Wildman–Crippen MR) is 60.6 cm³/mol. The molecular formula is H10Cl6Si2. The highest BCUT2D eigenvalue weighted by Crippen LogP contribution is 1.46. The highest BCUT2D eigenvalue weighted by Gasteiger charge is 1.43. The van der Waals surface area contributed by atoms with E-state index in [1.807, 2.05) is 0 Å². The summed E-state index contributed by atoms with van der Waals surface area (Å²) in [6.45, 7) is 0. The van der Waals surface area contributed by atoms with Crippen LogP contribution in [0, 0.1) is 0 Å². The fourth-order valence-electron chi connectivity index (χ4n) is 0. The Morgan fingerprint density at radius 1 is 0.875 bits per heavy atom. The summed E-state index contributed by atoms with van der Waals surface area (Å²) >= 11 is 5.20. The van der Waals surface area contributed by atoms with E-state index in [4.69, 9.17) is 11.1 Å². The SMILES string of the molecule is Cl.Cl.Cl.Cl.Cl.[SiH3][SiH2]Cl. The maximum absolute atomic E-state index is 5.20. The zero-order chi connectivity index (χ0) is 2.71. The van der Waals surface area contributed by atoms with Crippen LogP contribution in [-0.2, 0) is 0 Å². The first kappa shape index (κ1) is 49.1. The zero-order valence-corrected chi connectivity index (χ0v) is 12.4. The first-order chi connectivity index (χ1) is 1.41. The Bertz CT molecular complexity index is 6.49. The normalized spacial score (nSPS) is 4.12. The fraction of sp³-hybridized carbons (Fsp3) is 0. The molecule has 0 rings (SSSR count). The highest BCUT2D eigenvalue weighted by molar-refractivity contribution is 7.19. The van der Waals surface area contributed by atoms with Crippen LogP contribution < -0.4 is 0 Å². The van der Waals surface area contributed by atoms with Gasteiger partial charge in [0.15, 0.2) is 0 Å². The molecule has 0 N–H and O–H groups in total. The largest absolute Gasteiger partial charge is 0.181 e. The number of hydrogen-bond donors (Lipinski definition) is 0. The first-order valence-corrected chi connectivity index (χ1v) is 8.77.